The van der Waals surface area contributed by atoms with Crippen LogP contribution in [0.3, 0.4) is 0 Å². The average molecular weight is 774 g/mol. The molecular formula is C45H40B11N3S. The van der Waals surface area contributed by atoms with E-state index in [4.69, 9.17) is 15.0 Å². The van der Waals surface area contributed by atoms with E-state index >= 15 is 0 Å². The largest absolute Gasteiger partial charge is 0.208 e. The fraction of sp³-hybridized carbons (Fsp3) is 0. The Morgan fingerprint density at radius 1 is 0.267 bits per heavy atom. The van der Waals surface area contributed by atoms with Crippen LogP contribution in [0.2, 0.25) is 0 Å². The summed E-state index contributed by atoms with van der Waals surface area (Å²) in [5, 5.41) is 2.74. The minimum atomic E-state index is 0.661. The molecule has 2 heterocycles. The van der Waals surface area contributed by atoms with Gasteiger partial charge in [0.05, 0.1) is 0 Å². The smallest absolute Gasteiger partial charge is 0.164 e. The molecule has 9 aromatic rings. The van der Waals surface area contributed by atoms with Crippen LogP contribution in [0.15, 0.2) is 109 Å². The highest BCUT2D eigenvalue weighted by Crippen LogP contribution is 2.38. The zero-order chi connectivity index (χ0) is 42.1. The molecule has 15 heteroatoms. The third kappa shape index (κ3) is 6.48. The molecule has 0 atom stereocenters. The van der Waals surface area contributed by atoms with Crippen LogP contribution in [-0.2, 0) is 0 Å². The third-order valence-electron chi connectivity index (χ3n) is 13.6. The number of fused-ring (bicyclic) bond motifs is 3. The molecule has 9 rings (SSSR count). The Labute approximate surface area is 367 Å². The molecule has 0 radical (unpaired) electrons. The first-order chi connectivity index (χ1) is 28.8. The maximum Gasteiger partial charge on any atom is 0.164 e. The molecule has 0 saturated carbocycles. The fourth-order valence-electron chi connectivity index (χ4n) is 9.34. The Bertz CT molecular complexity index is 3170. The normalized spacial score (nSPS) is 11.4. The summed E-state index contributed by atoms with van der Waals surface area (Å²) in [5.41, 5.74) is 25.0. The van der Waals surface area contributed by atoms with Crippen molar-refractivity contribution in [2.75, 3.05) is 0 Å². The average Bonchev–Trinajstić information content (AvgIpc) is 3.69. The van der Waals surface area contributed by atoms with E-state index < -0.39 is 0 Å². The lowest BCUT2D eigenvalue weighted by molar-refractivity contribution is 1.08. The Hall–Kier alpha value is -5.52. The van der Waals surface area contributed by atoms with Crippen LogP contribution >= 0.6 is 11.3 Å². The molecule has 0 fully saturated rings. The van der Waals surface area contributed by atoms with Crippen LogP contribution in [0.25, 0.3) is 87.7 Å². The molecule has 0 amide bonds. The SMILES string of the molecule is Bc1c(B)c(B)c(-c2c(B)c(-c3nc(-c4ccccc4)nc(-c4ccc(-c5ccc(-c6ccccc6)cc5)cc4)n3)c(B)c3sc4c(B)c(B)c(B)c(B)c4c23)c(B)c1B. The monoisotopic (exact) mass is 775 g/mol. The first-order valence-electron chi connectivity index (χ1n) is 21.0. The first kappa shape index (κ1) is 39.9. The predicted molar refractivity (Wildman–Crippen MR) is 295 cm³/mol. The topological polar surface area (TPSA) is 38.7 Å². The third-order valence-corrected chi connectivity index (χ3v) is 15.1. The maximum absolute atomic E-state index is 5.40. The second-order valence-corrected chi connectivity index (χ2v) is 17.7. The molecular weight excluding hydrogens is 734 g/mol. The molecule has 0 aliphatic carbocycles. The van der Waals surface area contributed by atoms with Crippen molar-refractivity contribution in [2.24, 2.45) is 0 Å². The van der Waals surface area contributed by atoms with Crippen molar-refractivity contribution in [3.63, 3.8) is 0 Å². The Morgan fingerprint density at radius 3 is 1.15 bits per heavy atom. The van der Waals surface area contributed by atoms with Gasteiger partial charge in [-0.1, -0.05) is 142 Å². The van der Waals surface area contributed by atoms with Gasteiger partial charge in [0.1, 0.15) is 86.3 Å². The van der Waals surface area contributed by atoms with E-state index in [0.717, 1.165) is 22.3 Å². The highest BCUT2D eigenvalue weighted by molar-refractivity contribution is 7.28. The van der Waals surface area contributed by atoms with Gasteiger partial charge in [-0.2, -0.15) is 0 Å². The Morgan fingerprint density at radius 2 is 0.633 bits per heavy atom. The van der Waals surface area contributed by atoms with Crippen molar-refractivity contribution in [3.05, 3.63) is 109 Å². The summed E-state index contributed by atoms with van der Waals surface area (Å²) >= 11 is 1.93. The van der Waals surface area contributed by atoms with Crippen LogP contribution in [0, 0.1) is 0 Å². The number of nitrogens with zero attached hydrogens (tertiary/aromatic N) is 3. The van der Waals surface area contributed by atoms with Gasteiger partial charge in [0.25, 0.3) is 0 Å². The highest BCUT2D eigenvalue weighted by atomic mass is 32.1. The van der Waals surface area contributed by atoms with E-state index in [1.54, 1.807) is 0 Å². The minimum Gasteiger partial charge on any atom is -0.208 e. The molecule has 7 aromatic carbocycles. The molecule has 0 aliphatic heterocycles. The van der Waals surface area contributed by atoms with Gasteiger partial charge in [0.2, 0.25) is 0 Å². The van der Waals surface area contributed by atoms with Gasteiger partial charge in [0, 0.05) is 31.5 Å². The van der Waals surface area contributed by atoms with E-state index in [9.17, 15) is 0 Å². The summed E-state index contributed by atoms with van der Waals surface area (Å²) in [5.74, 6) is 2.03. The van der Waals surface area contributed by atoms with Crippen molar-refractivity contribution < 1.29 is 0 Å². The molecule has 0 spiro atoms. The first-order valence-corrected chi connectivity index (χ1v) is 21.8. The van der Waals surface area contributed by atoms with E-state index in [-0.39, 0.29) is 0 Å². The molecule has 0 bridgehead atoms. The summed E-state index contributed by atoms with van der Waals surface area (Å²) in [6.45, 7) is 0. The number of hydrogen-bond acceptors (Lipinski definition) is 4. The van der Waals surface area contributed by atoms with Gasteiger partial charge in [-0.25, -0.2) is 15.0 Å². The van der Waals surface area contributed by atoms with Crippen molar-refractivity contribution in [2.45, 2.75) is 0 Å². The van der Waals surface area contributed by atoms with Crippen molar-refractivity contribution in [1.82, 2.24) is 15.0 Å². The number of benzene rings is 7. The highest BCUT2D eigenvalue weighted by Gasteiger charge is 2.27. The Kier molecular flexibility index (Phi) is 10.3. The van der Waals surface area contributed by atoms with Gasteiger partial charge < -0.3 is 0 Å². The van der Waals surface area contributed by atoms with E-state index in [2.05, 4.69) is 189 Å². The fourth-order valence-corrected chi connectivity index (χ4v) is 10.8. The van der Waals surface area contributed by atoms with Crippen molar-refractivity contribution in [3.8, 4) is 67.5 Å². The summed E-state index contributed by atoms with van der Waals surface area (Å²) < 4.78 is 2.68. The van der Waals surface area contributed by atoms with Crippen LogP contribution in [0.4, 0.5) is 0 Å². The number of rotatable bonds is 6. The molecule has 3 nitrogen and oxygen atoms in total. The lowest BCUT2D eigenvalue weighted by atomic mass is 9.58. The Balaban J connectivity index is 1.29. The number of aromatic nitrogens is 3. The standard InChI is InChI=1S/C45H40B11N3S/c46-30-25(27-31(47)35(51)38(54)36(52)32(27)48)26-28-33(49)37(53)39(55)40(56)42(28)60-41(26)34(50)29(30)45-58-43(23-9-5-2-6-10-23)57-44(59-45)24-17-15-22(16-18-24)21-13-11-20(12-14-21)19-7-3-1-4-8-19/h1-18H,46-56H2. The van der Waals surface area contributed by atoms with Crippen LogP contribution in [0.1, 0.15) is 0 Å². The summed E-state index contributed by atoms with van der Waals surface area (Å²) in [4.78, 5) is 15.9. The van der Waals surface area contributed by atoms with Crippen LogP contribution in [0.5, 0.6) is 0 Å². The van der Waals surface area contributed by atoms with Crippen molar-refractivity contribution in [1.29, 1.82) is 0 Å². The van der Waals surface area contributed by atoms with Gasteiger partial charge in [0.15, 0.2) is 17.5 Å². The molecule has 0 unspecified atom stereocenters. The van der Waals surface area contributed by atoms with E-state index in [0.29, 0.717) is 17.5 Å². The second-order valence-electron chi connectivity index (χ2n) is 16.7. The molecule has 0 N–H and O–H groups in total. The lowest BCUT2D eigenvalue weighted by Crippen LogP contribution is -2.55. The van der Waals surface area contributed by atoms with E-state index in [1.165, 1.54) is 108 Å². The van der Waals surface area contributed by atoms with Gasteiger partial charge >= 0.3 is 0 Å². The molecule has 0 aliphatic rings. The van der Waals surface area contributed by atoms with Gasteiger partial charge in [-0.3, -0.25) is 0 Å². The summed E-state index contributed by atoms with van der Waals surface area (Å²) in [6.07, 6.45) is 0. The summed E-state index contributed by atoms with van der Waals surface area (Å²) in [6, 6.07) is 38.3. The summed E-state index contributed by atoms with van der Waals surface area (Å²) in [7, 11) is 25.2. The zero-order valence-corrected chi connectivity index (χ0v) is 37.5. The quantitative estimate of drug-likeness (QED) is 0.158. The van der Waals surface area contributed by atoms with Crippen LogP contribution in [-0.4, -0.2) is 101 Å². The van der Waals surface area contributed by atoms with Gasteiger partial charge in [-0.15, -0.1) is 38.7 Å². The molecule has 2 aromatic heterocycles. The van der Waals surface area contributed by atoms with E-state index in [1.807, 2.05) is 17.4 Å². The molecule has 274 valence electrons. The lowest BCUT2D eigenvalue weighted by Gasteiger charge is -2.25. The molecule has 60 heavy (non-hydrogen) atoms. The van der Waals surface area contributed by atoms with Crippen molar-refractivity contribution >= 4 is 178 Å². The minimum absolute atomic E-state index is 0.661. The van der Waals surface area contributed by atoms with Crippen LogP contribution < -0.4 is 60.1 Å². The maximum atomic E-state index is 5.40. The zero-order valence-electron chi connectivity index (χ0n) is 36.6. The number of thiophene rings is 1. The molecule has 0 saturated heterocycles. The second kappa shape index (κ2) is 15.5. The predicted octanol–water partition coefficient (Wildman–Crippen LogP) is -6.92. The van der Waals surface area contributed by atoms with Gasteiger partial charge in [-0.05, 0) is 38.8 Å². The number of hydrogen-bond donors (Lipinski definition) is 0.